The van der Waals surface area contributed by atoms with Crippen LogP contribution in [0.3, 0.4) is 0 Å². The third-order valence-corrected chi connectivity index (χ3v) is 5.33. The van der Waals surface area contributed by atoms with Crippen LogP contribution < -0.4 is 0 Å². The summed E-state index contributed by atoms with van der Waals surface area (Å²) >= 11 is 1.53. The number of hydrogen-bond donors (Lipinski definition) is 0. The molecule has 0 N–H and O–H groups in total. The quantitative estimate of drug-likeness (QED) is 0.729. The SMILES string of the molecule is CC(C)(C)[C](=[W])c1coc(C(C)(C)C)c1. The molecule has 0 aromatic carbocycles. The first-order chi connectivity index (χ1) is 6.62. The van der Waals surface area contributed by atoms with E-state index in [1.165, 1.54) is 28.8 Å². The summed E-state index contributed by atoms with van der Waals surface area (Å²) in [6, 6.07) is 2.19. The van der Waals surface area contributed by atoms with Crippen molar-refractivity contribution in [3.63, 3.8) is 0 Å². The van der Waals surface area contributed by atoms with Crippen molar-refractivity contribution in [3.8, 4) is 0 Å². The predicted octanol–water partition coefficient (Wildman–Crippen LogP) is 3.69. The van der Waals surface area contributed by atoms with Crippen LogP contribution in [-0.4, -0.2) is 3.90 Å². The van der Waals surface area contributed by atoms with Crippen molar-refractivity contribution in [1.29, 1.82) is 0 Å². The molecule has 0 saturated heterocycles. The Morgan fingerprint density at radius 2 is 1.67 bits per heavy atom. The molecule has 84 valence electrons. The zero-order valence-electron chi connectivity index (χ0n) is 10.5. The topological polar surface area (TPSA) is 13.1 Å². The Kier molecular flexibility index (Phi) is 3.45. The summed E-state index contributed by atoms with van der Waals surface area (Å²) in [5, 5.41) is 0. The van der Waals surface area contributed by atoms with Crippen LogP contribution in [0.2, 0.25) is 0 Å². The van der Waals surface area contributed by atoms with E-state index in [9.17, 15) is 0 Å². The standard InChI is InChI=1S/C13H20O.W/c1-12(2,3)8-10-7-11(14-9-10)13(4,5)6;/h7,9H,1-6H3;. The Labute approximate surface area is 104 Å². The minimum atomic E-state index is 0.103. The maximum atomic E-state index is 5.64. The fraction of sp³-hybridized carbons (Fsp3) is 0.615. The molecular formula is C13H20OW. The molecule has 0 fully saturated rings. The predicted molar refractivity (Wildman–Crippen MR) is 61.0 cm³/mol. The molecule has 1 rings (SSSR count). The van der Waals surface area contributed by atoms with Gasteiger partial charge in [-0.25, -0.2) is 0 Å². The molecule has 2 heteroatoms. The van der Waals surface area contributed by atoms with Crippen molar-refractivity contribution in [2.75, 3.05) is 0 Å². The van der Waals surface area contributed by atoms with Gasteiger partial charge in [-0.1, -0.05) is 0 Å². The average Bonchev–Trinajstić information content (AvgIpc) is 2.47. The molecule has 1 heterocycles. The van der Waals surface area contributed by atoms with Crippen molar-refractivity contribution in [2.24, 2.45) is 5.41 Å². The Morgan fingerprint density at radius 3 is 2.00 bits per heavy atom. The van der Waals surface area contributed by atoms with E-state index in [1.807, 2.05) is 6.26 Å². The summed E-state index contributed by atoms with van der Waals surface area (Å²) < 4.78 is 7.10. The van der Waals surface area contributed by atoms with Crippen LogP contribution in [-0.2, 0) is 24.8 Å². The van der Waals surface area contributed by atoms with Crippen LogP contribution in [0, 0.1) is 5.41 Å². The molecular weight excluding hydrogens is 356 g/mol. The van der Waals surface area contributed by atoms with Gasteiger partial charge in [-0.3, -0.25) is 0 Å². The summed E-state index contributed by atoms with van der Waals surface area (Å²) in [7, 11) is 0. The molecule has 0 atom stereocenters. The maximum absolute atomic E-state index is 5.64. The number of rotatable bonds is 1. The van der Waals surface area contributed by atoms with E-state index < -0.39 is 0 Å². The van der Waals surface area contributed by atoms with Gasteiger partial charge in [0.05, 0.1) is 0 Å². The van der Waals surface area contributed by atoms with E-state index >= 15 is 0 Å². The molecule has 0 aliphatic heterocycles. The molecule has 0 spiro atoms. The molecule has 1 nitrogen and oxygen atoms in total. The normalized spacial score (nSPS) is 12.9. The van der Waals surface area contributed by atoms with E-state index in [0.717, 1.165) is 5.76 Å². The van der Waals surface area contributed by atoms with Crippen molar-refractivity contribution < 1.29 is 23.8 Å². The Morgan fingerprint density at radius 1 is 1.13 bits per heavy atom. The van der Waals surface area contributed by atoms with Crippen molar-refractivity contribution in [3.05, 3.63) is 23.7 Å². The van der Waals surface area contributed by atoms with E-state index in [0.29, 0.717) is 0 Å². The summed E-state index contributed by atoms with van der Waals surface area (Å²) in [5.74, 6) is 1.07. The first-order valence-electron chi connectivity index (χ1n) is 5.26. The molecule has 0 saturated carbocycles. The van der Waals surface area contributed by atoms with E-state index in [4.69, 9.17) is 4.42 Å². The first kappa shape index (κ1) is 12.9. The second-order valence-corrected chi connectivity index (χ2v) is 7.50. The third-order valence-electron chi connectivity index (χ3n) is 2.28. The molecule has 0 aliphatic rings. The van der Waals surface area contributed by atoms with Crippen molar-refractivity contribution in [2.45, 2.75) is 47.0 Å². The van der Waals surface area contributed by atoms with Crippen LogP contribution >= 0.6 is 0 Å². The zero-order valence-corrected chi connectivity index (χ0v) is 13.4. The minimum absolute atomic E-state index is 0.103. The molecule has 15 heavy (non-hydrogen) atoms. The Balaban J connectivity index is 3.01. The fourth-order valence-electron chi connectivity index (χ4n) is 1.28. The Bertz CT molecular complexity index is 361. The number of furan rings is 1. The summed E-state index contributed by atoms with van der Waals surface area (Å²) in [5.41, 5.74) is 1.61. The summed E-state index contributed by atoms with van der Waals surface area (Å²) in [6.07, 6.45) is 1.90. The number of hydrogen-bond acceptors (Lipinski definition) is 1. The average molecular weight is 376 g/mol. The van der Waals surface area contributed by atoms with Gasteiger partial charge in [0.1, 0.15) is 0 Å². The molecule has 1 aromatic heterocycles. The van der Waals surface area contributed by atoms with E-state index in [-0.39, 0.29) is 10.8 Å². The van der Waals surface area contributed by atoms with Gasteiger partial charge in [0.15, 0.2) is 0 Å². The van der Waals surface area contributed by atoms with Gasteiger partial charge in [-0.15, -0.1) is 0 Å². The van der Waals surface area contributed by atoms with Crippen molar-refractivity contribution in [1.82, 2.24) is 0 Å². The van der Waals surface area contributed by atoms with Crippen LogP contribution in [0.5, 0.6) is 0 Å². The van der Waals surface area contributed by atoms with E-state index in [2.05, 4.69) is 47.6 Å². The van der Waals surface area contributed by atoms with Crippen molar-refractivity contribution >= 4 is 3.90 Å². The van der Waals surface area contributed by atoms with Gasteiger partial charge < -0.3 is 0 Å². The van der Waals surface area contributed by atoms with Gasteiger partial charge in [-0.2, -0.15) is 0 Å². The summed E-state index contributed by atoms with van der Waals surface area (Å²) in [4.78, 5) is 0. The molecule has 0 bridgehead atoms. The fourth-order valence-corrected chi connectivity index (χ4v) is 1.67. The molecule has 0 unspecified atom stereocenters. The monoisotopic (exact) mass is 376 g/mol. The van der Waals surface area contributed by atoms with Crippen LogP contribution in [0.25, 0.3) is 0 Å². The molecule has 0 aliphatic carbocycles. The van der Waals surface area contributed by atoms with Gasteiger partial charge in [-0.05, 0) is 0 Å². The van der Waals surface area contributed by atoms with Crippen LogP contribution in [0.4, 0.5) is 0 Å². The Hall–Kier alpha value is -0.162. The van der Waals surface area contributed by atoms with Gasteiger partial charge in [0, 0.05) is 0 Å². The van der Waals surface area contributed by atoms with Crippen LogP contribution in [0.15, 0.2) is 16.7 Å². The van der Waals surface area contributed by atoms with Crippen LogP contribution in [0.1, 0.15) is 52.9 Å². The summed E-state index contributed by atoms with van der Waals surface area (Å²) in [6.45, 7) is 13.3. The molecule has 1 aromatic rings. The van der Waals surface area contributed by atoms with Gasteiger partial charge >= 0.3 is 104 Å². The third kappa shape index (κ3) is 3.14. The first-order valence-corrected chi connectivity index (χ1v) is 6.73. The second kappa shape index (κ2) is 4.01. The molecule has 0 amide bonds. The molecule has 0 radical (unpaired) electrons. The second-order valence-electron chi connectivity index (χ2n) is 6.03. The van der Waals surface area contributed by atoms with E-state index in [1.54, 1.807) is 0 Å². The van der Waals surface area contributed by atoms with Gasteiger partial charge in [0.25, 0.3) is 0 Å². The van der Waals surface area contributed by atoms with Gasteiger partial charge in [0.2, 0.25) is 0 Å². The zero-order chi connectivity index (χ0) is 11.9.